The largest absolute Gasteiger partial charge is 0.332 e. The summed E-state index contributed by atoms with van der Waals surface area (Å²) >= 11 is 9.86. The molecule has 0 bridgehead atoms. The SMILES string of the molecule is ONC(=S)Nc1ccccc1.S=C(Nc1ccccc1)Nc1ccccc1. The van der Waals surface area contributed by atoms with Crippen LogP contribution in [0.4, 0.5) is 17.1 Å². The van der Waals surface area contributed by atoms with Crippen molar-refractivity contribution >= 4 is 51.7 Å². The van der Waals surface area contributed by atoms with Gasteiger partial charge in [0, 0.05) is 17.1 Å². The molecule has 0 saturated heterocycles. The summed E-state index contributed by atoms with van der Waals surface area (Å²) in [5, 5.41) is 18.1. The predicted octanol–water partition coefficient (Wildman–Crippen LogP) is 4.86. The molecule has 5 N–H and O–H groups in total. The molecular weight excluding hydrogens is 376 g/mol. The van der Waals surface area contributed by atoms with Gasteiger partial charge in [0.25, 0.3) is 0 Å². The number of anilines is 3. The number of hydroxylamine groups is 1. The number of thiocarbonyl (C=S) groups is 2. The molecule has 0 atom stereocenters. The second kappa shape index (κ2) is 11.6. The number of benzene rings is 3. The van der Waals surface area contributed by atoms with Gasteiger partial charge in [0.15, 0.2) is 10.2 Å². The Labute approximate surface area is 169 Å². The first-order valence-electron chi connectivity index (χ1n) is 8.11. The minimum atomic E-state index is 0.191. The van der Waals surface area contributed by atoms with Crippen molar-refractivity contribution in [2.45, 2.75) is 0 Å². The highest BCUT2D eigenvalue weighted by Crippen LogP contribution is 2.08. The van der Waals surface area contributed by atoms with Gasteiger partial charge in [-0.25, -0.2) is 5.48 Å². The first-order valence-corrected chi connectivity index (χ1v) is 8.93. The fraction of sp³-hybridized carbons (Fsp3) is 0. The van der Waals surface area contributed by atoms with E-state index in [2.05, 4.69) is 28.2 Å². The Morgan fingerprint density at radius 3 is 1.11 bits per heavy atom. The van der Waals surface area contributed by atoms with Crippen LogP contribution in [-0.4, -0.2) is 15.4 Å². The van der Waals surface area contributed by atoms with Crippen molar-refractivity contribution in [3.05, 3.63) is 91.0 Å². The topological polar surface area (TPSA) is 68.3 Å². The minimum Gasteiger partial charge on any atom is -0.332 e. The van der Waals surface area contributed by atoms with Crippen molar-refractivity contribution in [3.8, 4) is 0 Å². The maximum absolute atomic E-state index is 8.34. The van der Waals surface area contributed by atoms with Crippen molar-refractivity contribution in [1.29, 1.82) is 0 Å². The average molecular weight is 397 g/mol. The molecule has 0 aliphatic rings. The highest BCUT2D eigenvalue weighted by atomic mass is 32.1. The highest BCUT2D eigenvalue weighted by Gasteiger charge is 1.96. The van der Waals surface area contributed by atoms with Crippen molar-refractivity contribution in [3.63, 3.8) is 0 Å². The summed E-state index contributed by atoms with van der Waals surface area (Å²) in [6.45, 7) is 0. The summed E-state index contributed by atoms with van der Waals surface area (Å²) in [4.78, 5) is 0. The van der Waals surface area contributed by atoms with Crippen LogP contribution in [0.25, 0.3) is 0 Å². The van der Waals surface area contributed by atoms with Crippen LogP contribution in [0.15, 0.2) is 91.0 Å². The molecule has 0 spiro atoms. The zero-order chi connectivity index (χ0) is 19.3. The first kappa shape index (κ1) is 20.3. The molecular formula is C20H20N4OS2. The van der Waals surface area contributed by atoms with Gasteiger partial charge in [-0.2, -0.15) is 0 Å². The molecule has 0 heterocycles. The number of para-hydroxylation sites is 3. The molecule has 0 aliphatic heterocycles. The lowest BCUT2D eigenvalue weighted by Gasteiger charge is -2.09. The molecule has 7 heteroatoms. The number of rotatable bonds is 3. The Morgan fingerprint density at radius 1 is 0.519 bits per heavy atom. The van der Waals surface area contributed by atoms with Gasteiger partial charge in [0.1, 0.15) is 0 Å². The lowest BCUT2D eigenvalue weighted by atomic mass is 10.3. The minimum absolute atomic E-state index is 0.191. The molecule has 3 aromatic carbocycles. The summed E-state index contributed by atoms with van der Waals surface area (Å²) in [5.74, 6) is 0. The zero-order valence-electron chi connectivity index (χ0n) is 14.4. The Hall–Kier alpha value is -3.00. The summed E-state index contributed by atoms with van der Waals surface area (Å²) in [6.07, 6.45) is 0. The maximum Gasteiger partial charge on any atom is 0.194 e. The monoisotopic (exact) mass is 396 g/mol. The van der Waals surface area contributed by atoms with Gasteiger partial charge < -0.3 is 16.0 Å². The van der Waals surface area contributed by atoms with E-state index in [1.165, 1.54) is 0 Å². The standard InChI is InChI=1S/C13H12N2S.C7H8N2OS/c16-13(14-11-7-3-1-4-8-11)15-12-9-5-2-6-10-12;10-9-7(11)8-6-4-2-1-3-5-6/h1-10H,(H2,14,15,16);1-5,10H,(H2,8,9,11). The van der Waals surface area contributed by atoms with Crippen molar-refractivity contribution in [1.82, 2.24) is 5.48 Å². The molecule has 0 amide bonds. The van der Waals surface area contributed by atoms with Crippen LogP contribution in [-0.2, 0) is 0 Å². The smallest absolute Gasteiger partial charge is 0.194 e. The van der Waals surface area contributed by atoms with Gasteiger partial charge in [0.2, 0.25) is 0 Å². The van der Waals surface area contributed by atoms with Gasteiger partial charge in [-0.3, -0.25) is 5.21 Å². The van der Waals surface area contributed by atoms with Crippen molar-refractivity contribution in [2.24, 2.45) is 0 Å². The van der Waals surface area contributed by atoms with E-state index in [1.54, 1.807) is 0 Å². The third-order valence-corrected chi connectivity index (χ3v) is 3.59. The number of nitrogens with one attached hydrogen (secondary N) is 4. The Balaban J connectivity index is 0.000000208. The lowest BCUT2D eigenvalue weighted by molar-refractivity contribution is 0.237. The van der Waals surface area contributed by atoms with Gasteiger partial charge in [-0.15, -0.1) is 0 Å². The normalized spacial score (nSPS) is 9.22. The molecule has 0 radical (unpaired) electrons. The third kappa shape index (κ3) is 8.28. The van der Waals surface area contributed by atoms with E-state index in [9.17, 15) is 0 Å². The molecule has 27 heavy (non-hydrogen) atoms. The second-order valence-electron chi connectivity index (χ2n) is 5.24. The van der Waals surface area contributed by atoms with Crippen molar-refractivity contribution in [2.75, 3.05) is 16.0 Å². The van der Waals surface area contributed by atoms with Crippen LogP contribution < -0.4 is 21.4 Å². The molecule has 3 rings (SSSR count). The summed E-state index contributed by atoms with van der Waals surface area (Å²) < 4.78 is 0. The molecule has 3 aromatic rings. The van der Waals surface area contributed by atoms with E-state index in [4.69, 9.17) is 17.4 Å². The van der Waals surface area contributed by atoms with Crippen molar-refractivity contribution < 1.29 is 5.21 Å². The molecule has 5 nitrogen and oxygen atoms in total. The van der Waals surface area contributed by atoms with E-state index in [-0.39, 0.29) is 5.11 Å². The Kier molecular flexibility index (Phi) is 8.72. The molecule has 0 fully saturated rings. The van der Waals surface area contributed by atoms with Crippen LogP contribution in [0.1, 0.15) is 0 Å². The molecule has 0 aromatic heterocycles. The Morgan fingerprint density at radius 2 is 0.815 bits per heavy atom. The molecule has 0 saturated carbocycles. The van der Waals surface area contributed by atoms with E-state index < -0.39 is 0 Å². The van der Waals surface area contributed by atoms with Crippen LogP contribution in [0, 0.1) is 0 Å². The van der Waals surface area contributed by atoms with E-state index in [1.807, 2.05) is 96.5 Å². The predicted molar refractivity (Wildman–Crippen MR) is 120 cm³/mol. The van der Waals surface area contributed by atoms with E-state index in [0.29, 0.717) is 5.11 Å². The average Bonchev–Trinajstić information content (AvgIpc) is 2.70. The van der Waals surface area contributed by atoms with Crippen LogP contribution in [0.2, 0.25) is 0 Å². The van der Waals surface area contributed by atoms with Crippen LogP contribution >= 0.6 is 24.4 Å². The fourth-order valence-electron chi connectivity index (χ4n) is 2.02. The lowest BCUT2D eigenvalue weighted by Crippen LogP contribution is -2.24. The maximum atomic E-state index is 8.34. The van der Waals surface area contributed by atoms with Gasteiger partial charge in [-0.05, 0) is 60.8 Å². The Bertz CT molecular complexity index is 787. The van der Waals surface area contributed by atoms with Crippen LogP contribution in [0.5, 0.6) is 0 Å². The summed E-state index contributed by atoms with van der Waals surface area (Å²) in [5.41, 5.74) is 4.64. The zero-order valence-corrected chi connectivity index (χ0v) is 16.1. The number of hydrogen-bond donors (Lipinski definition) is 5. The van der Waals surface area contributed by atoms with E-state index in [0.717, 1.165) is 17.1 Å². The van der Waals surface area contributed by atoms with Gasteiger partial charge >= 0.3 is 0 Å². The van der Waals surface area contributed by atoms with E-state index >= 15 is 0 Å². The highest BCUT2D eigenvalue weighted by molar-refractivity contribution is 7.80. The van der Waals surface area contributed by atoms with Gasteiger partial charge in [0.05, 0.1) is 0 Å². The first-order chi connectivity index (χ1) is 13.2. The fourth-order valence-corrected chi connectivity index (χ4v) is 2.37. The summed E-state index contributed by atoms with van der Waals surface area (Å²) in [7, 11) is 0. The molecule has 138 valence electrons. The number of hydrogen-bond acceptors (Lipinski definition) is 3. The van der Waals surface area contributed by atoms with Crippen LogP contribution in [0.3, 0.4) is 0 Å². The third-order valence-electron chi connectivity index (χ3n) is 3.20. The van der Waals surface area contributed by atoms with Gasteiger partial charge in [-0.1, -0.05) is 54.6 Å². The quantitative estimate of drug-likeness (QED) is 0.320. The second-order valence-corrected chi connectivity index (χ2v) is 6.06. The molecule has 0 unspecified atom stereocenters. The molecule has 0 aliphatic carbocycles. The summed E-state index contributed by atoms with van der Waals surface area (Å²) in [6, 6.07) is 29.0.